The normalized spacial score (nSPS) is 17.1. The molecule has 8 heteroatoms. The summed E-state index contributed by atoms with van der Waals surface area (Å²) in [5.41, 5.74) is -0.966. The molecule has 0 spiro atoms. The highest BCUT2D eigenvalue weighted by Gasteiger charge is 2.31. The van der Waals surface area contributed by atoms with Gasteiger partial charge in [-0.05, 0) is 38.8 Å². The van der Waals surface area contributed by atoms with Crippen LogP contribution in [0.15, 0.2) is 18.3 Å². The number of nitrogens with one attached hydrogen (secondary N) is 1. The number of anilines is 1. The first-order valence-corrected chi connectivity index (χ1v) is 8.92. The smallest absolute Gasteiger partial charge is 0.355 e. The van der Waals surface area contributed by atoms with Crippen LogP contribution in [0.1, 0.15) is 39.2 Å². The number of hydrogen-bond donors (Lipinski definition) is 1. The Hall–Kier alpha value is -1.83. The highest BCUT2D eigenvalue weighted by atomic mass is 19.4. The van der Waals surface area contributed by atoms with Gasteiger partial charge in [0.25, 0.3) is 0 Å². The molecule has 146 valence electrons. The van der Waals surface area contributed by atoms with Gasteiger partial charge in [-0.2, -0.15) is 13.2 Å². The van der Waals surface area contributed by atoms with E-state index >= 15 is 0 Å². The molecule has 1 amide bonds. The summed E-state index contributed by atoms with van der Waals surface area (Å²) < 4.78 is 37.9. The number of pyridine rings is 1. The fraction of sp³-hybridized carbons (Fsp3) is 0.667. The van der Waals surface area contributed by atoms with Crippen molar-refractivity contribution in [3.05, 3.63) is 23.9 Å². The molecule has 0 aliphatic carbocycles. The van der Waals surface area contributed by atoms with Crippen LogP contribution in [0.5, 0.6) is 0 Å². The molecular formula is C18H27F3N4O. The van der Waals surface area contributed by atoms with Crippen LogP contribution in [-0.2, 0) is 11.0 Å². The molecule has 1 aliphatic rings. The molecule has 1 aliphatic heterocycles. The van der Waals surface area contributed by atoms with Gasteiger partial charge in [-0.15, -0.1) is 0 Å². The van der Waals surface area contributed by atoms with Gasteiger partial charge >= 0.3 is 6.18 Å². The highest BCUT2D eigenvalue weighted by Crippen LogP contribution is 2.29. The summed E-state index contributed by atoms with van der Waals surface area (Å²) in [6.07, 6.45) is -1.82. The van der Waals surface area contributed by atoms with Crippen LogP contribution >= 0.6 is 0 Å². The number of amides is 1. The molecule has 0 atom stereocenters. The first-order valence-electron chi connectivity index (χ1n) is 8.92. The van der Waals surface area contributed by atoms with Crippen molar-refractivity contribution in [1.29, 1.82) is 0 Å². The van der Waals surface area contributed by atoms with Crippen molar-refractivity contribution in [1.82, 2.24) is 15.2 Å². The molecule has 1 aromatic rings. The number of hydrogen-bond acceptors (Lipinski definition) is 4. The van der Waals surface area contributed by atoms with Crippen LogP contribution in [0, 0.1) is 0 Å². The fourth-order valence-corrected chi connectivity index (χ4v) is 2.81. The van der Waals surface area contributed by atoms with E-state index in [2.05, 4.69) is 15.2 Å². The van der Waals surface area contributed by atoms with Gasteiger partial charge in [-0.1, -0.05) is 6.92 Å². The van der Waals surface area contributed by atoms with Gasteiger partial charge in [0.15, 0.2) is 0 Å². The van der Waals surface area contributed by atoms with Crippen LogP contribution in [0.2, 0.25) is 0 Å². The first-order chi connectivity index (χ1) is 12.1. The van der Waals surface area contributed by atoms with Gasteiger partial charge in [-0.3, -0.25) is 9.69 Å². The molecule has 1 aromatic heterocycles. The zero-order valence-corrected chi connectivity index (χ0v) is 15.6. The van der Waals surface area contributed by atoms with E-state index in [1.54, 1.807) is 0 Å². The van der Waals surface area contributed by atoms with Crippen molar-refractivity contribution in [3.63, 3.8) is 0 Å². The second-order valence-electron chi connectivity index (χ2n) is 7.31. The minimum Gasteiger partial charge on any atom is -0.355 e. The van der Waals surface area contributed by atoms with Crippen LogP contribution in [0.3, 0.4) is 0 Å². The molecule has 0 bridgehead atoms. The Morgan fingerprint density at radius 3 is 2.50 bits per heavy atom. The van der Waals surface area contributed by atoms with Gasteiger partial charge in [0, 0.05) is 37.9 Å². The number of nitrogens with zero attached hydrogens (tertiary/aromatic N) is 3. The largest absolute Gasteiger partial charge is 0.417 e. The maximum atomic E-state index is 12.6. The van der Waals surface area contributed by atoms with E-state index in [1.165, 1.54) is 6.07 Å². The molecule has 0 aromatic carbocycles. The Labute approximate surface area is 152 Å². The Morgan fingerprint density at radius 2 is 1.92 bits per heavy atom. The summed E-state index contributed by atoms with van der Waals surface area (Å²) in [5, 5.41) is 3.02. The van der Waals surface area contributed by atoms with Gasteiger partial charge in [0.2, 0.25) is 5.91 Å². The molecule has 1 N–H and O–H groups in total. The van der Waals surface area contributed by atoms with Crippen molar-refractivity contribution in [2.24, 2.45) is 0 Å². The quantitative estimate of drug-likeness (QED) is 0.863. The van der Waals surface area contributed by atoms with Crippen molar-refractivity contribution in [2.75, 3.05) is 37.6 Å². The highest BCUT2D eigenvalue weighted by molar-refractivity contribution is 5.78. The first kappa shape index (κ1) is 20.5. The second-order valence-corrected chi connectivity index (χ2v) is 7.31. The minimum atomic E-state index is -4.37. The number of aromatic nitrogens is 1. The molecule has 1 fully saturated rings. The van der Waals surface area contributed by atoms with Crippen molar-refractivity contribution in [3.8, 4) is 0 Å². The lowest BCUT2D eigenvalue weighted by Gasteiger charge is -2.27. The van der Waals surface area contributed by atoms with Gasteiger partial charge in [0.05, 0.1) is 12.1 Å². The molecule has 2 heterocycles. The zero-order chi connectivity index (χ0) is 19.4. The van der Waals surface area contributed by atoms with Crippen LogP contribution in [0.4, 0.5) is 19.0 Å². The van der Waals surface area contributed by atoms with E-state index in [0.29, 0.717) is 32.0 Å². The van der Waals surface area contributed by atoms with E-state index in [0.717, 1.165) is 31.6 Å². The Bertz CT molecular complexity index is 601. The van der Waals surface area contributed by atoms with E-state index in [4.69, 9.17) is 0 Å². The summed E-state index contributed by atoms with van der Waals surface area (Å²) >= 11 is 0. The lowest BCUT2D eigenvalue weighted by Crippen LogP contribution is -2.47. The predicted molar refractivity (Wildman–Crippen MR) is 95.0 cm³/mol. The summed E-state index contributed by atoms with van der Waals surface area (Å²) in [6.45, 7) is 9.12. The van der Waals surface area contributed by atoms with Crippen molar-refractivity contribution in [2.45, 2.75) is 45.3 Å². The standard InChI is InChI=1S/C18H27F3N4O/c1-4-17(2,3)23-16(26)13-24-8-5-9-25(11-10-24)15-7-6-14(12-22-15)18(19,20)21/h6-7,12H,4-5,8-11,13H2,1-3H3,(H,23,26). The summed E-state index contributed by atoms with van der Waals surface area (Å²) in [5.74, 6) is 0.536. The average molecular weight is 372 g/mol. The fourth-order valence-electron chi connectivity index (χ4n) is 2.81. The summed E-state index contributed by atoms with van der Waals surface area (Å²) in [6, 6.07) is 2.47. The third-order valence-electron chi connectivity index (χ3n) is 4.72. The number of halogens is 3. The Kier molecular flexibility index (Phi) is 6.49. The van der Waals surface area contributed by atoms with E-state index in [-0.39, 0.29) is 11.4 Å². The Morgan fingerprint density at radius 1 is 1.19 bits per heavy atom. The molecule has 0 saturated carbocycles. The number of rotatable bonds is 5. The molecule has 1 saturated heterocycles. The van der Waals surface area contributed by atoms with Crippen molar-refractivity contribution >= 4 is 11.7 Å². The number of carbonyl (C=O) groups is 1. The summed E-state index contributed by atoms with van der Waals surface area (Å²) in [4.78, 5) is 20.2. The monoisotopic (exact) mass is 372 g/mol. The van der Waals surface area contributed by atoms with E-state index < -0.39 is 11.7 Å². The lowest BCUT2D eigenvalue weighted by molar-refractivity contribution is -0.137. The number of carbonyl (C=O) groups excluding carboxylic acids is 1. The molecular weight excluding hydrogens is 345 g/mol. The molecule has 26 heavy (non-hydrogen) atoms. The predicted octanol–water partition coefficient (Wildman–Crippen LogP) is 2.92. The third kappa shape index (κ3) is 5.86. The lowest BCUT2D eigenvalue weighted by atomic mass is 10.0. The minimum absolute atomic E-state index is 0.00189. The van der Waals surface area contributed by atoms with Gasteiger partial charge in [0.1, 0.15) is 5.82 Å². The maximum absolute atomic E-state index is 12.6. The summed E-state index contributed by atoms with van der Waals surface area (Å²) in [7, 11) is 0. The van der Waals surface area contributed by atoms with E-state index in [9.17, 15) is 18.0 Å². The van der Waals surface area contributed by atoms with Crippen molar-refractivity contribution < 1.29 is 18.0 Å². The maximum Gasteiger partial charge on any atom is 0.417 e. The molecule has 2 rings (SSSR count). The third-order valence-corrected chi connectivity index (χ3v) is 4.72. The topological polar surface area (TPSA) is 48.5 Å². The van der Waals surface area contributed by atoms with Crippen LogP contribution in [-0.4, -0.2) is 54.1 Å². The van der Waals surface area contributed by atoms with Crippen LogP contribution < -0.4 is 10.2 Å². The second kappa shape index (κ2) is 8.24. The van der Waals surface area contributed by atoms with Crippen LogP contribution in [0.25, 0.3) is 0 Å². The van der Waals surface area contributed by atoms with Gasteiger partial charge in [-0.25, -0.2) is 4.98 Å². The molecule has 0 unspecified atom stereocenters. The zero-order valence-electron chi connectivity index (χ0n) is 15.6. The number of alkyl halides is 3. The Balaban J connectivity index is 1.90. The van der Waals surface area contributed by atoms with E-state index in [1.807, 2.05) is 25.7 Å². The average Bonchev–Trinajstić information content (AvgIpc) is 2.79. The molecule has 0 radical (unpaired) electrons. The van der Waals surface area contributed by atoms with Gasteiger partial charge < -0.3 is 10.2 Å². The molecule has 5 nitrogen and oxygen atoms in total. The SMILES string of the molecule is CCC(C)(C)NC(=O)CN1CCCN(c2ccc(C(F)(F)F)cn2)CC1.